The SMILES string of the molecule is CCc1cc(C(=O)NC(C)C)cs1. The third-order valence-corrected chi connectivity index (χ3v) is 2.77. The summed E-state index contributed by atoms with van der Waals surface area (Å²) in [6, 6.07) is 2.17. The fraction of sp³-hybridized carbons (Fsp3) is 0.500. The van der Waals surface area contributed by atoms with Crippen LogP contribution in [0.15, 0.2) is 11.4 Å². The number of amides is 1. The lowest BCUT2D eigenvalue weighted by Gasteiger charge is -2.05. The summed E-state index contributed by atoms with van der Waals surface area (Å²) in [5.74, 6) is 0.0333. The van der Waals surface area contributed by atoms with E-state index >= 15 is 0 Å². The van der Waals surface area contributed by atoms with Gasteiger partial charge in [-0.3, -0.25) is 4.79 Å². The second-order valence-corrected chi connectivity index (χ2v) is 4.28. The molecule has 1 amide bonds. The number of hydrogen-bond donors (Lipinski definition) is 1. The Labute approximate surface area is 83.0 Å². The largest absolute Gasteiger partial charge is 0.350 e. The molecule has 1 rings (SSSR count). The molecular weight excluding hydrogens is 182 g/mol. The van der Waals surface area contributed by atoms with E-state index in [0.717, 1.165) is 12.0 Å². The van der Waals surface area contributed by atoms with Crippen LogP contribution in [0.1, 0.15) is 36.0 Å². The van der Waals surface area contributed by atoms with Crippen molar-refractivity contribution in [3.8, 4) is 0 Å². The van der Waals surface area contributed by atoms with Gasteiger partial charge in [0.2, 0.25) is 0 Å². The minimum atomic E-state index is 0.0333. The van der Waals surface area contributed by atoms with Gasteiger partial charge < -0.3 is 5.32 Å². The van der Waals surface area contributed by atoms with Gasteiger partial charge in [-0.2, -0.15) is 0 Å². The Balaban J connectivity index is 2.66. The van der Waals surface area contributed by atoms with Crippen molar-refractivity contribution < 1.29 is 4.79 Å². The van der Waals surface area contributed by atoms with Crippen LogP contribution in [0.25, 0.3) is 0 Å². The Morgan fingerprint density at radius 3 is 2.77 bits per heavy atom. The van der Waals surface area contributed by atoms with Crippen LogP contribution in [0.3, 0.4) is 0 Å². The summed E-state index contributed by atoms with van der Waals surface area (Å²) in [7, 11) is 0. The molecule has 0 saturated carbocycles. The molecule has 2 nitrogen and oxygen atoms in total. The van der Waals surface area contributed by atoms with Gasteiger partial charge in [-0.25, -0.2) is 0 Å². The molecule has 0 aromatic carbocycles. The van der Waals surface area contributed by atoms with Crippen LogP contribution in [-0.2, 0) is 6.42 Å². The molecule has 0 spiro atoms. The number of nitrogens with one attached hydrogen (secondary N) is 1. The highest BCUT2D eigenvalue weighted by atomic mass is 32.1. The van der Waals surface area contributed by atoms with Crippen LogP contribution >= 0.6 is 11.3 Å². The van der Waals surface area contributed by atoms with Crippen LogP contribution in [0, 0.1) is 0 Å². The average Bonchev–Trinajstić information content (AvgIpc) is 2.50. The topological polar surface area (TPSA) is 29.1 Å². The first-order valence-electron chi connectivity index (χ1n) is 4.51. The van der Waals surface area contributed by atoms with Crippen LogP contribution in [0.4, 0.5) is 0 Å². The fourth-order valence-electron chi connectivity index (χ4n) is 1.03. The van der Waals surface area contributed by atoms with E-state index in [-0.39, 0.29) is 11.9 Å². The Kier molecular flexibility index (Phi) is 3.48. The molecule has 0 atom stereocenters. The first-order valence-corrected chi connectivity index (χ1v) is 5.39. The van der Waals surface area contributed by atoms with Gasteiger partial charge in [0.25, 0.3) is 5.91 Å². The Morgan fingerprint density at radius 2 is 2.31 bits per heavy atom. The van der Waals surface area contributed by atoms with Crippen LogP contribution in [0.2, 0.25) is 0 Å². The molecular formula is C10H15NOS. The van der Waals surface area contributed by atoms with E-state index < -0.39 is 0 Å². The second kappa shape index (κ2) is 4.42. The highest BCUT2D eigenvalue weighted by Crippen LogP contribution is 2.14. The van der Waals surface area contributed by atoms with E-state index in [9.17, 15) is 4.79 Å². The standard InChI is InChI=1S/C10H15NOS/c1-4-9-5-8(6-13-9)10(12)11-7(2)3/h5-7H,4H2,1-3H3,(H,11,12). The molecule has 13 heavy (non-hydrogen) atoms. The molecule has 0 unspecified atom stereocenters. The van der Waals surface area contributed by atoms with Gasteiger partial charge >= 0.3 is 0 Å². The highest BCUT2D eigenvalue weighted by molar-refractivity contribution is 7.10. The summed E-state index contributed by atoms with van der Waals surface area (Å²) < 4.78 is 0. The van der Waals surface area contributed by atoms with Crippen molar-refractivity contribution in [2.24, 2.45) is 0 Å². The summed E-state index contributed by atoms with van der Waals surface area (Å²) in [5.41, 5.74) is 0.788. The Hall–Kier alpha value is -0.830. The smallest absolute Gasteiger partial charge is 0.252 e. The lowest BCUT2D eigenvalue weighted by Crippen LogP contribution is -2.29. The second-order valence-electron chi connectivity index (χ2n) is 3.28. The van der Waals surface area contributed by atoms with Gasteiger partial charge in [0, 0.05) is 16.3 Å². The summed E-state index contributed by atoms with van der Waals surface area (Å²) in [4.78, 5) is 12.7. The van der Waals surface area contributed by atoms with E-state index in [1.807, 2.05) is 25.3 Å². The molecule has 1 aromatic heterocycles. The summed E-state index contributed by atoms with van der Waals surface area (Å²) in [5, 5.41) is 4.78. The van der Waals surface area contributed by atoms with Crippen LogP contribution < -0.4 is 5.32 Å². The molecule has 72 valence electrons. The predicted molar refractivity (Wildman–Crippen MR) is 56.3 cm³/mol. The maximum atomic E-state index is 11.5. The lowest BCUT2D eigenvalue weighted by molar-refractivity contribution is 0.0943. The monoisotopic (exact) mass is 197 g/mol. The molecule has 1 heterocycles. The van der Waals surface area contributed by atoms with Crippen molar-refractivity contribution in [1.29, 1.82) is 0 Å². The van der Waals surface area contributed by atoms with E-state index in [2.05, 4.69) is 12.2 Å². The van der Waals surface area contributed by atoms with Crippen molar-refractivity contribution in [3.05, 3.63) is 21.9 Å². The Bertz CT molecular complexity index is 291. The van der Waals surface area contributed by atoms with Crippen molar-refractivity contribution in [3.63, 3.8) is 0 Å². The third kappa shape index (κ3) is 2.84. The van der Waals surface area contributed by atoms with Crippen molar-refractivity contribution >= 4 is 17.2 Å². The zero-order valence-electron chi connectivity index (χ0n) is 8.26. The number of carbonyl (C=O) groups excluding carboxylic acids is 1. The number of aryl methyl sites for hydroxylation is 1. The molecule has 0 aliphatic heterocycles. The normalized spacial score (nSPS) is 10.5. The number of carbonyl (C=O) groups is 1. The van der Waals surface area contributed by atoms with Crippen LogP contribution in [-0.4, -0.2) is 11.9 Å². The van der Waals surface area contributed by atoms with Gasteiger partial charge in [0.05, 0.1) is 5.56 Å². The highest BCUT2D eigenvalue weighted by Gasteiger charge is 2.08. The predicted octanol–water partition coefficient (Wildman–Crippen LogP) is 2.45. The van der Waals surface area contributed by atoms with Crippen molar-refractivity contribution in [2.75, 3.05) is 0 Å². The van der Waals surface area contributed by atoms with Crippen LogP contribution in [0.5, 0.6) is 0 Å². The third-order valence-electron chi connectivity index (χ3n) is 1.68. The molecule has 0 radical (unpaired) electrons. The van der Waals surface area contributed by atoms with Gasteiger partial charge in [0.15, 0.2) is 0 Å². The van der Waals surface area contributed by atoms with Gasteiger partial charge in [-0.1, -0.05) is 6.92 Å². The molecule has 1 N–H and O–H groups in total. The quantitative estimate of drug-likeness (QED) is 0.792. The van der Waals surface area contributed by atoms with Gasteiger partial charge in [-0.05, 0) is 26.3 Å². The molecule has 3 heteroatoms. The number of thiophene rings is 1. The molecule has 0 saturated heterocycles. The molecule has 0 aliphatic rings. The van der Waals surface area contributed by atoms with E-state index in [1.165, 1.54) is 4.88 Å². The number of hydrogen-bond acceptors (Lipinski definition) is 2. The Morgan fingerprint density at radius 1 is 1.62 bits per heavy atom. The maximum absolute atomic E-state index is 11.5. The first-order chi connectivity index (χ1) is 6.13. The van der Waals surface area contributed by atoms with E-state index in [1.54, 1.807) is 11.3 Å². The summed E-state index contributed by atoms with van der Waals surface area (Å²) in [6.45, 7) is 6.02. The summed E-state index contributed by atoms with van der Waals surface area (Å²) in [6.07, 6.45) is 1.000. The molecule has 0 aliphatic carbocycles. The minimum Gasteiger partial charge on any atom is -0.350 e. The summed E-state index contributed by atoms with van der Waals surface area (Å²) >= 11 is 1.64. The minimum absolute atomic E-state index is 0.0333. The zero-order valence-corrected chi connectivity index (χ0v) is 9.07. The van der Waals surface area contributed by atoms with Crippen molar-refractivity contribution in [1.82, 2.24) is 5.32 Å². The lowest BCUT2D eigenvalue weighted by atomic mass is 10.2. The van der Waals surface area contributed by atoms with E-state index in [0.29, 0.717) is 0 Å². The van der Waals surface area contributed by atoms with Gasteiger partial charge in [-0.15, -0.1) is 11.3 Å². The van der Waals surface area contributed by atoms with Gasteiger partial charge in [0.1, 0.15) is 0 Å². The van der Waals surface area contributed by atoms with Crippen molar-refractivity contribution in [2.45, 2.75) is 33.2 Å². The molecule has 1 aromatic rings. The first kappa shape index (κ1) is 10.3. The average molecular weight is 197 g/mol. The molecule has 0 bridgehead atoms. The molecule has 0 fully saturated rings. The zero-order chi connectivity index (χ0) is 9.84. The number of rotatable bonds is 3. The maximum Gasteiger partial charge on any atom is 0.252 e. The van der Waals surface area contributed by atoms with E-state index in [4.69, 9.17) is 0 Å². The fourth-order valence-corrected chi connectivity index (χ4v) is 1.85.